The van der Waals surface area contributed by atoms with Crippen molar-refractivity contribution in [1.82, 2.24) is 9.78 Å². The predicted octanol–water partition coefficient (Wildman–Crippen LogP) is 1.97. The van der Waals surface area contributed by atoms with Gasteiger partial charge in [-0.1, -0.05) is 0 Å². The number of nitrogens with one attached hydrogen (secondary N) is 1. The quantitative estimate of drug-likeness (QED) is 0.878. The van der Waals surface area contributed by atoms with Crippen LogP contribution >= 0.6 is 0 Å². The number of benzene rings is 1. The molecular weight excluding hydrogens is 305 g/mol. The van der Waals surface area contributed by atoms with Crippen molar-refractivity contribution in [2.75, 3.05) is 5.32 Å². The number of aromatic nitrogens is 2. The molecule has 1 unspecified atom stereocenters. The number of halogens is 1. The Morgan fingerprint density at radius 2 is 2.09 bits per heavy atom. The molecule has 1 aromatic carbocycles. The number of ether oxygens (including phenoxy) is 1. The van der Waals surface area contributed by atoms with Crippen molar-refractivity contribution in [3.05, 3.63) is 41.5 Å². The molecule has 23 heavy (non-hydrogen) atoms. The Labute approximate surface area is 131 Å². The number of amides is 1. The van der Waals surface area contributed by atoms with Crippen molar-refractivity contribution in [2.24, 2.45) is 7.05 Å². The summed E-state index contributed by atoms with van der Waals surface area (Å²) in [6.07, 6.45) is -1.18. The Bertz CT molecular complexity index is 757. The molecule has 122 valence electrons. The summed E-state index contributed by atoms with van der Waals surface area (Å²) in [5, 5.41) is 15.4. The summed E-state index contributed by atoms with van der Waals surface area (Å²) in [6, 6.07) is 5.36. The van der Waals surface area contributed by atoms with Crippen LogP contribution in [0.2, 0.25) is 0 Å². The lowest BCUT2D eigenvalue weighted by Crippen LogP contribution is -2.23. The molecule has 0 radical (unpaired) electrons. The first kappa shape index (κ1) is 16.5. The molecule has 0 aliphatic carbocycles. The lowest BCUT2D eigenvalue weighted by Gasteiger charge is -2.12. The molecule has 0 aliphatic rings. The number of nitrogens with zero attached hydrogens (tertiary/aromatic N) is 2. The van der Waals surface area contributed by atoms with Crippen molar-refractivity contribution >= 4 is 17.6 Å². The monoisotopic (exact) mass is 321 g/mol. The highest BCUT2D eigenvalue weighted by Gasteiger charge is 2.16. The molecule has 1 amide bonds. The van der Waals surface area contributed by atoms with E-state index in [1.165, 1.54) is 23.7 Å². The minimum atomic E-state index is -1.20. The van der Waals surface area contributed by atoms with Gasteiger partial charge in [0.05, 0.1) is 5.69 Å². The molecule has 0 saturated heterocycles. The number of rotatable bonds is 5. The van der Waals surface area contributed by atoms with Gasteiger partial charge in [-0.25, -0.2) is 9.18 Å². The predicted molar refractivity (Wildman–Crippen MR) is 80.0 cm³/mol. The summed E-state index contributed by atoms with van der Waals surface area (Å²) in [6.45, 7) is 3.05. The summed E-state index contributed by atoms with van der Waals surface area (Å²) < 4.78 is 20.3. The smallest absolute Gasteiger partial charge is 0.344 e. The molecule has 8 heteroatoms. The number of carbonyl (C=O) groups is 2. The van der Waals surface area contributed by atoms with Crippen molar-refractivity contribution < 1.29 is 23.8 Å². The summed E-state index contributed by atoms with van der Waals surface area (Å²) >= 11 is 0. The fourth-order valence-corrected chi connectivity index (χ4v) is 1.93. The topological polar surface area (TPSA) is 93.5 Å². The molecule has 0 spiro atoms. The maximum absolute atomic E-state index is 13.9. The van der Waals surface area contributed by atoms with Crippen LogP contribution in [0, 0.1) is 12.7 Å². The minimum Gasteiger partial charge on any atom is -0.479 e. The van der Waals surface area contributed by atoms with Crippen LogP contribution in [-0.2, 0) is 11.8 Å². The maximum Gasteiger partial charge on any atom is 0.344 e. The van der Waals surface area contributed by atoms with Crippen LogP contribution in [0.5, 0.6) is 5.75 Å². The normalized spacial score (nSPS) is 11.8. The Kier molecular flexibility index (Phi) is 4.63. The number of hydrogen-bond donors (Lipinski definition) is 2. The number of anilines is 1. The van der Waals surface area contributed by atoms with Gasteiger partial charge in [0.25, 0.3) is 5.91 Å². The van der Waals surface area contributed by atoms with Gasteiger partial charge in [-0.05, 0) is 32.0 Å². The van der Waals surface area contributed by atoms with Gasteiger partial charge < -0.3 is 15.2 Å². The van der Waals surface area contributed by atoms with Gasteiger partial charge in [-0.2, -0.15) is 5.10 Å². The summed E-state index contributed by atoms with van der Waals surface area (Å²) in [7, 11) is 1.63. The third-order valence-corrected chi connectivity index (χ3v) is 3.08. The highest BCUT2D eigenvalue weighted by atomic mass is 19.1. The van der Waals surface area contributed by atoms with Crippen LogP contribution in [0.1, 0.15) is 23.1 Å². The van der Waals surface area contributed by atoms with Gasteiger partial charge in [0.15, 0.2) is 17.7 Å². The molecule has 0 bridgehead atoms. The molecule has 0 saturated carbocycles. The van der Waals surface area contributed by atoms with Gasteiger partial charge in [-0.15, -0.1) is 0 Å². The number of carbonyl (C=O) groups excluding carboxylic acids is 1. The fraction of sp³-hybridized carbons (Fsp3) is 0.267. The molecule has 7 nitrogen and oxygen atoms in total. The van der Waals surface area contributed by atoms with Gasteiger partial charge in [-0.3, -0.25) is 9.48 Å². The van der Waals surface area contributed by atoms with E-state index in [2.05, 4.69) is 10.4 Å². The number of carboxylic acids is 1. The van der Waals surface area contributed by atoms with Crippen molar-refractivity contribution in [3.63, 3.8) is 0 Å². The van der Waals surface area contributed by atoms with Crippen LogP contribution in [0.25, 0.3) is 0 Å². The van der Waals surface area contributed by atoms with Crippen molar-refractivity contribution in [3.8, 4) is 5.75 Å². The molecule has 1 atom stereocenters. The first-order valence-electron chi connectivity index (χ1n) is 6.79. The fourth-order valence-electron chi connectivity index (χ4n) is 1.93. The zero-order valence-corrected chi connectivity index (χ0v) is 12.8. The summed E-state index contributed by atoms with van der Waals surface area (Å²) in [5.41, 5.74) is 1.25. The van der Waals surface area contributed by atoms with Crippen LogP contribution in [0.3, 0.4) is 0 Å². The van der Waals surface area contributed by atoms with Crippen molar-refractivity contribution in [1.29, 1.82) is 0 Å². The van der Waals surface area contributed by atoms with Crippen LogP contribution < -0.4 is 10.1 Å². The largest absolute Gasteiger partial charge is 0.479 e. The summed E-state index contributed by atoms with van der Waals surface area (Å²) in [5.74, 6) is -2.60. The molecule has 0 fully saturated rings. The van der Waals surface area contributed by atoms with Crippen LogP contribution in [0.15, 0.2) is 24.3 Å². The van der Waals surface area contributed by atoms with E-state index in [4.69, 9.17) is 9.84 Å². The highest BCUT2D eigenvalue weighted by molar-refractivity contribution is 6.03. The molecule has 2 rings (SSSR count). The molecule has 0 aliphatic heterocycles. The van der Waals surface area contributed by atoms with E-state index in [1.807, 2.05) is 0 Å². The Hall–Kier alpha value is -2.90. The van der Waals surface area contributed by atoms with Crippen molar-refractivity contribution in [2.45, 2.75) is 20.0 Å². The molecule has 2 N–H and O–H groups in total. The molecular formula is C15H16FN3O4. The third kappa shape index (κ3) is 3.85. The Morgan fingerprint density at radius 1 is 1.39 bits per heavy atom. The van der Waals surface area contributed by atoms with Gasteiger partial charge in [0.2, 0.25) is 0 Å². The van der Waals surface area contributed by atoms with E-state index < -0.39 is 23.8 Å². The first-order chi connectivity index (χ1) is 10.8. The second-order valence-electron chi connectivity index (χ2n) is 4.99. The second-order valence-corrected chi connectivity index (χ2v) is 4.99. The number of aliphatic carboxylic acids is 1. The third-order valence-electron chi connectivity index (χ3n) is 3.08. The average molecular weight is 321 g/mol. The Balaban J connectivity index is 2.13. The van der Waals surface area contributed by atoms with E-state index in [0.29, 0.717) is 11.4 Å². The summed E-state index contributed by atoms with van der Waals surface area (Å²) in [4.78, 5) is 22.8. The van der Waals surface area contributed by atoms with E-state index in [9.17, 15) is 14.0 Å². The van der Waals surface area contributed by atoms with E-state index in [-0.39, 0.29) is 11.4 Å². The van der Waals surface area contributed by atoms with E-state index >= 15 is 0 Å². The molecule has 1 heterocycles. The zero-order valence-electron chi connectivity index (χ0n) is 12.8. The first-order valence-corrected chi connectivity index (χ1v) is 6.79. The van der Waals surface area contributed by atoms with Gasteiger partial charge >= 0.3 is 5.97 Å². The lowest BCUT2D eigenvalue weighted by molar-refractivity contribution is -0.144. The van der Waals surface area contributed by atoms with Gasteiger partial charge in [0.1, 0.15) is 5.69 Å². The minimum absolute atomic E-state index is 0.200. The molecule has 2 aromatic rings. The SMILES string of the molecule is Cc1cc(C(=O)Nc2ccc(OC(C)C(=O)O)c(F)c2)n(C)n1. The average Bonchev–Trinajstić information content (AvgIpc) is 2.80. The van der Waals surface area contributed by atoms with Crippen LogP contribution in [0.4, 0.5) is 10.1 Å². The van der Waals surface area contributed by atoms with Gasteiger partial charge in [0, 0.05) is 18.8 Å². The second kappa shape index (κ2) is 6.47. The molecule has 1 aromatic heterocycles. The number of aryl methyl sites for hydroxylation is 2. The lowest BCUT2D eigenvalue weighted by atomic mass is 10.2. The standard InChI is InChI=1S/C15H16FN3O4/c1-8-6-12(19(3)18-8)14(20)17-10-4-5-13(11(16)7-10)23-9(2)15(21)22/h4-7,9H,1-3H3,(H,17,20)(H,21,22). The number of carboxylic acid groups (broad SMARTS) is 1. The zero-order chi connectivity index (χ0) is 17.1. The van der Waals surface area contributed by atoms with E-state index in [1.54, 1.807) is 20.0 Å². The van der Waals surface area contributed by atoms with Crippen LogP contribution in [-0.4, -0.2) is 32.9 Å². The van der Waals surface area contributed by atoms with E-state index in [0.717, 1.165) is 6.07 Å². The maximum atomic E-state index is 13.9. The highest BCUT2D eigenvalue weighted by Crippen LogP contribution is 2.22. The number of hydrogen-bond acceptors (Lipinski definition) is 4. The Morgan fingerprint density at radius 3 is 2.61 bits per heavy atom.